The molecule has 2 amide bonds. The van der Waals surface area contributed by atoms with E-state index in [2.05, 4.69) is 0 Å². The minimum atomic E-state index is -4.27. The van der Waals surface area contributed by atoms with E-state index in [9.17, 15) is 27.9 Å². The molecule has 142 valence electrons. The predicted octanol–water partition coefficient (Wildman–Crippen LogP) is -0.908. The molecular formula is C17H16N3O6S-. The summed E-state index contributed by atoms with van der Waals surface area (Å²) in [5, 5.41) is 12.0. The molecule has 0 bridgehead atoms. The molecule has 1 aliphatic heterocycles. The molecule has 10 heteroatoms. The average molecular weight is 390 g/mol. The maximum absolute atomic E-state index is 12.8. The van der Waals surface area contributed by atoms with Gasteiger partial charge < -0.3 is 20.5 Å². The SMILES string of the molecule is CN1C(=O)c2cccc3c(S(=O)(=O)N[C@@H](CCC(N)=O)C(=O)[O-])ccc1c23. The van der Waals surface area contributed by atoms with Crippen molar-refractivity contribution in [2.75, 3.05) is 11.9 Å². The van der Waals surface area contributed by atoms with Gasteiger partial charge in [-0.25, -0.2) is 13.1 Å². The van der Waals surface area contributed by atoms with Gasteiger partial charge in [-0.15, -0.1) is 0 Å². The Balaban J connectivity index is 2.06. The Morgan fingerprint density at radius 3 is 2.59 bits per heavy atom. The molecule has 0 aliphatic carbocycles. The molecule has 3 rings (SSSR count). The highest BCUT2D eigenvalue weighted by atomic mass is 32.2. The van der Waals surface area contributed by atoms with Gasteiger partial charge in [0.1, 0.15) is 0 Å². The molecular weight excluding hydrogens is 374 g/mol. The van der Waals surface area contributed by atoms with E-state index in [1.807, 2.05) is 4.72 Å². The monoisotopic (exact) mass is 390 g/mol. The smallest absolute Gasteiger partial charge is 0.258 e. The summed E-state index contributed by atoms with van der Waals surface area (Å²) in [7, 11) is -2.69. The normalized spacial score (nSPS) is 14.6. The Labute approximate surface area is 154 Å². The van der Waals surface area contributed by atoms with Crippen LogP contribution in [0.5, 0.6) is 0 Å². The van der Waals surface area contributed by atoms with Gasteiger partial charge in [0.15, 0.2) is 0 Å². The number of benzene rings is 2. The lowest BCUT2D eigenvalue weighted by Gasteiger charge is -2.20. The number of rotatable bonds is 7. The second-order valence-corrected chi connectivity index (χ2v) is 7.86. The van der Waals surface area contributed by atoms with E-state index in [-0.39, 0.29) is 23.6 Å². The predicted molar refractivity (Wildman–Crippen MR) is 94.2 cm³/mol. The van der Waals surface area contributed by atoms with Crippen LogP contribution in [0.15, 0.2) is 35.2 Å². The van der Waals surface area contributed by atoms with Gasteiger partial charge in [0.05, 0.1) is 22.6 Å². The third kappa shape index (κ3) is 3.24. The van der Waals surface area contributed by atoms with Gasteiger partial charge in [-0.3, -0.25) is 9.59 Å². The third-order valence-electron chi connectivity index (χ3n) is 4.43. The Morgan fingerprint density at radius 2 is 1.96 bits per heavy atom. The molecule has 1 aliphatic rings. The van der Waals surface area contributed by atoms with Gasteiger partial charge in [0.25, 0.3) is 5.91 Å². The van der Waals surface area contributed by atoms with E-state index < -0.39 is 27.9 Å². The molecule has 0 spiro atoms. The topological polar surface area (TPSA) is 150 Å². The van der Waals surface area contributed by atoms with Crippen LogP contribution in [0.2, 0.25) is 0 Å². The van der Waals surface area contributed by atoms with Crippen LogP contribution in [0.25, 0.3) is 10.8 Å². The van der Waals surface area contributed by atoms with Crippen molar-refractivity contribution in [1.82, 2.24) is 4.72 Å². The number of carboxylic acids is 1. The van der Waals surface area contributed by atoms with Crippen molar-refractivity contribution < 1.29 is 27.9 Å². The van der Waals surface area contributed by atoms with Gasteiger partial charge in [0.2, 0.25) is 15.9 Å². The van der Waals surface area contributed by atoms with Crippen LogP contribution in [0.3, 0.4) is 0 Å². The Hall–Kier alpha value is -2.98. The van der Waals surface area contributed by atoms with Crippen LogP contribution in [0.1, 0.15) is 23.2 Å². The van der Waals surface area contributed by atoms with E-state index in [1.54, 1.807) is 25.2 Å². The van der Waals surface area contributed by atoms with Crippen molar-refractivity contribution in [3.05, 3.63) is 35.9 Å². The number of amides is 2. The number of carbonyl (C=O) groups is 3. The molecule has 9 nitrogen and oxygen atoms in total. The summed E-state index contributed by atoms with van der Waals surface area (Å²) in [4.78, 5) is 35.7. The molecule has 0 aromatic heterocycles. The first-order chi connectivity index (χ1) is 12.6. The zero-order valence-electron chi connectivity index (χ0n) is 14.3. The highest BCUT2D eigenvalue weighted by molar-refractivity contribution is 7.89. The lowest BCUT2D eigenvalue weighted by Crippen LogP contribution is -2.48. The van der Waals surface area contributed by atoms with Gasteiger partial charge in [-0.2, -0.15) is 0 Å². The quantitative estimate of drug-likeness (QED) is 0.625. The minimum Gasteiger partial charge on any atom is -0.548 e. The van der Waals surface area contributed by atoms with Crippen LogP contribution in [-0.2, 0) is 19.6 Å². The number of carboxylic acid groups (broad SMARTS) is 1. The molecule has 0 saturated carbocycles. The summed E-state index contributed by atoms with van der Waals surface area (Å²) >= 11 is 0. The number of nitrogens with one attached hydrogen (secondary N) is 1. The lowest BCUT2D eigenvalue weighted by atomic mass is 10.1. The van der Waals surface area contributed by atoms with E-state index in [0.29, 0.717) is 22.0 Å². The molecule has 1 atom stereocenters. The molecule has 0 radical (unpaired) electrons. The maximum Gasteiger partial charge on any atom is 0.258 e. The van der Waals surface area contributed by atoms with Crippen molar-refractivity contribution in [3.8, 4) is 0 Å². The van der Waals surface area contributed by atoms with Crippen LogP contribution in [0, 0.1) is 0 Å². The van der Waals surface area contributed by atoms with Gasteiger partial charge >= 0.3 is 0 Å². The van der Waals surface area contributed by atoms with Crippen LogP contribution >= 0.6 is 0 Å². The minimum absolute atomic E-state index is 0.170. The number of hydrogen-bond acceptors (Lipinski definition) is 6. The highest BCUT2D eigenvalue weighted by Gasteiger charge is 2.31. The Kier molecular flexibility index (Phi) is 4.62. The third-order valence-corrected chi connectivity index (χ3v) is 5.96. The Bertz CT molecular complexity index is 1080. The fourth-order valence-corrected chi connectivity index (χ4v) is 4.53. The Morgan fingerprint density at radius 1 is 1.26 bits per heavy atom. The van der Waals surface area contributed by atoms with Crippen LogP contribution in [-0.4, -0.2) is 39.3 Å². The van der Waals surface area contributed by atoms with Gasteiger partial charge in [0, 0.05) is 29.8 Å². The van der Waals surface area contributed by atoms with E-state index in [4.69, 9.17) is 5.73 Å². The maximum atomic E-state index is 12.8. The second kappa shape index (κ2) is 6.63. The number of aliphatic carboxylic acids is 1. The number of sulfonamides is 1. The summed E-state index contributed by atoms with van der Waals surface area (Å²) in [5.41, 5.74) is 5.92. The van der Waals surface area contributed by atoms with Crippen molar-refractivity contribution in [2.45, 2.75) is 23.8 Å². The summed E-state index contributed by atoms with van der Waals surface area (Å²) in [6, 6.07) is 5.87. The first-order valence-electron chi connectivity index (χ1n) is 7.99. The first-order valence-corrected chi connectivity index (χ1v) is 9.47. The van der Waals surface area contributed by atoms with Crippen molar-refractivity contribution in [2.24, 2.45) is 5.73 Å². The fraction of sp³-hybridized carbons (Fsp3) is 0.235. The first kappa shape index (κ1) is 18.8. The molecule has 2 aromatic carbocycles. The average Bonchev–Trinajstić information content (AvgIpc) is 2.85. The van der Waals surface area contributed by atoms with Gasteiger partial charge in [-0.1, -0.05) is 12.1 Å². The molecule has 0 saturated heterocycles. The zero-order valence-corrected chi connectivity index (χ0v) is 15.1. The number of hydrogen-bond donors (Lipinski definition) is 2. The second-order valence-electron chi connectivity index (χ2n) is 6.17. The number of carbonyl (C=O) groups excluding carboxylic acids is 3. The number of nitrogens with two attached hydrogens (primary N) is 1. The van der Waals surface area contributed by atoms with Crippen LogP contribution in [0.4, 0.5) is 5.69 Å². The number of nitrogens with zero attached hydrogens (tertiary/aromatic N) is 1. The lowest BCUT2D eigenvalue weighted by molar-refractivity contribution is -0.308. The molecule has 27 heavy (non-hydrogen) atoms. The summed E-state index contributed by atoms with van der Waals surface area (Å²) in [6.07, 6.45) is -0.649. The van der Waals surface area contributed by atoms with Crippen molar-refractivity contribution in [1.29, 1.82) is 0 Å². The largest absolute Gasteiger partial charge is 0.548 e. The highest BCUT2D eigenvalue weighted by Crippen LogP contribution is 2.39. The van der Waals surface area contributed by atoms with E-state index in [1.165, 1.54) is 17.0 Å². The summed E-state index contributed by atoms with van der Waals surface area (Å²) < 4.78 is 27.6. The van der Waals surface area contributed by atoms with Crippen LogP contribution < -0.4 is 20.5 Å². The summed E-state index contributed by atoms with van der Waals surface area (Å²) in [5.74, 6) is -2.68. The number of anilines is 1. The van der Waals surface area contributed by atoms with E-state index in [0.717, 1.165) is 0 Å². The molecule has 0 fully saturated rings. The number of primary amides is 1. The molecule has 2 aromatic rings. The van der Waals surface area contributed by atoms with Crippen molar-refractivity contribution >= 4 is 44.3 Å². The van der Waals surface area contributed by atoms with Gasteiger partial charge in [-0.05, 0) is 24.6 Å². The van der Waals surface area contributed by atoms with E-state index >= 15 is 0 Å². The molecule has 0 unspecified atom stereocenters. The molecule has 3 N–H and O–H groups in total. The standard InChI is InChI=1S/C17H17N3O6S/c1-20-12-6-7-13(9-3-2-4-10(15(9)12)16(20)22)27(25,26)19-11(17(23)24)5-8-14(18)21/h2-4,6-7,11,19H,5,8H2,1H3,(H2,18,21)(H,23,24)/p-1/t11-/m0/s1. The molecule has 1 heterocycles. The fourth-order valence-electron chi connectivity index (χ4n) is 3.11. The zero-order chi connectivity index (χ0) is 19.9. The summed E-state index contributed by atoms with van der Waals surface area (Å²) in [6.45, 7) is 0. The van der Waals surface area contributed by atoms with Crippen molar-refractivity contribution in [3.63, 3.8) is 0 Å².